The van der Waals surface area contributed by atoms with Crippen LogP contribution in [0.1, 0.15) is 19.8 Å². The fourth-order valence-corrected chi connectivity index (χ4v) is 0.392. The topological polar surface area (TPSA) is 40.1 Å². The molecule has 0 aromatic rings. The molecular formula is C5H7KO2. The van der Waals surface area contributed by atoms with E-state index in [0.29, 0.717) is 0 Å². The van der Waals surface area contributed by atoms with Crippen molar-refractivity contribution in [1.82, 2.24) is 0 Å². The number of rotatable bonds is 1. The van der Waals surface area contributed by atoms with Gasteiger partial charge in [-0.05, 0) is 12.8 Å². The first-order valence-corrected chi connectivity index (χ1v) is 2.37. The van der Waals surface area contributed by atoms with Gasteiger partial charge in [0, 0.05) is 11.4 Å². The zero-order valence-corrected chi connectivity index (χ0v) is 8.35. The molecule has 0 atom stereocenters. The molecule has 0 spiro atoms. The van der Waals surface area contributed by atoms with Crippen molar-refractivity contribution >= 4 is 5.97 Å². The van der Waals surface area contributed by atoms with Crippen LogP contribution >= 0.6 is 0 Å². The number of hydrogen-bond donors (Lipinski definition) is 0. The van der Waals surface area contributed by atoms with Gasteiger partial charge in [-0.2, -0.15) is 0 Å². The average Bonchev–Trinajstić information content (AvgIpc) is 2.21. The van der Waals surface area contributed by atoms with E-state index >= 15 is 0 Å². The first-order valence-electron chi connectivity index (χ1n) is 2.37. The number of carboxylic acids is 1. The van der Waals surface area contributed by atoms with Gasteiger partial charge in [0.25, 0.3) is 0 Å². The van der Waals surface area contributed by atoms with Gasteiger partial charge in [-0.1, -0.05) is 6.92 Å². The normalized spacial score (nSPS) is 21.1. The second-order valence-electron chi connectivity index (χ2n) is 2.35. The summed E-state index contributed by atoms with van der Waals surface area (Å²) in [6, 6.07) is 0. The van der Waals surface area contributed by atoms with E-state index < -0.39 is 11.4 Å². The van der Waals surface area contributed by atoms with Crippen LogP contribution in [0.3, 0.4) is 0 Å². The summed E-state index contributed by atoms with van der Waals surface area (Å²) < 4.78 is 0. The van der Waals surface area contributed by atoms with Crippen molar-refractivity contribution in [3.05, 3.63) is 0 Å². The van der Waals surface area contributed by atoms with Gasteiger partial charge in [-0.15, -0.1) is 0 Å². The van der Waals surface area contributed by atoms with E-state index in [1.165, 1.54) is 0 Å². The van der Waals surface area contributed by atoms with Gasteiger partial charge in [0.1, 0.15) is 0 Å². The monoisotopic (exact) mass is 138 g/mol. The van der Waals surface area contributed by atoms with Gasteiger partial charge in [-0.25, -0.2) is 0 Å². The van der Waals surface area contributed by atoms with E-state index in [9.17, 15) is 9.90 Å². The van der Waals surface area contributed by atoms with E-state index in [1.807, 2.05) is 0 Å². The molecule has 0 aromatic heterocycles. The van der Waals surface area contributed by atoms with Crippen molar-refractivity contribution in [2.24, 2.45) is 5.41 Å². The Labute approximate surface area is 91.1 Å². The Morgan fingerprint density at radius 3 is 2.00 bits per heavy atom. The fourth-order valence-electron chi connectivity index (χ4n) is 0.392. The molecule has 0 N–H and O–H groups in total. The summed E-state index contributed by atoms with van der Waals surface area (Å²) in [6.07, 6.45) is 1.60. The summed E-state index contributed by atoms with van der Waals surface area (Å²) in [5.74, 6) is -0.896. The van der Waals surface area contributed by atoms with Crippen LogP contribution in [0.4, 0.5) is 0 Å². The Bertz CT molecular complexity index is 107. The number of hydrogen-bond acceptors (Lipinski definition) is 2. The van der Waals surface area contributed by atoms with Crippen molar-refractivity contribution in [3.63, 3.8) is 0 Å². The molecule has 8 heavy (non-hydrogen) atoms. The third kappa shape index (κ3) is 1.81. The van der Waals surface area contributed by atoms with E-state index in [4.69, 9.17) is 0 Å². The Morgan fingerprint density at radius 2 is 2.00 bits per heavy atom. The molecular weight excluding hydrogens is 131 g/mol. The maximum absolute atomic E-state index is 9.97. The standard InChI is InChI=1S/C5H8O2.K/c1-5(2-3-5)4(6)7;/h2-3H2,1H3,(H,6,7);/q;+1/p-1. The summed E-state index contributed by atoms with van der Waals surface area (Å²) >= 11 is 0. The molecule has 0 amide bonds. The van der Waals surface area contributed by atoms with Crippen LogP contribution in [-0.4, -0.2) is 5.97 Å². The minimum Gasteiger partial charge on any atom is -0.550 e. The predicted molar refractivity (Wildman–Crippen MR) is 22.3 cm³/mol. The molecule has 0 unspecified atom stereocenters. The maximum atomic E-state index is 9.97. The van der Waals surface area contributed by atoms with Gasteiger partial charge >= 0.3 is 51.4 Å². The van der Waals surface area contributed by atoms with Crippen LogP contribution in [-0.2, 0) is 4.79 Å². The molecule has 40 valence electrons. The van der Waals surface area contributed by atoms with Crippen LogP contribution in [0.15, 0.2) is 0 Å². The van der Waals surface area contributed by atoms with Crippen LogP contribution in [0.25, 0.3) is 0 Å². The van der Waals surface area contributed by atoms with Gasteiger partial charge < -0.3 is 9.90 Å². The zero-order chi connectivity index (χ0) is 5.49. The molecule has 3 heteroatoms. The molecule has 0 heterocycles. The van der Waals surface area contributed by atoms with Crippen molar-refractivity contribution in [2.45, 2.75) is 19.8 Å². The Morgan fingerprint density at radius 1 is 1.62 bits per heavy atom. The predicted octanol–water partition coefficient (Wildman–Crippen LogP) is -3.46. The van der Waals surface area contributed by atoms with Gasteiger partial charge in [0.2, 0.25) is 0 Å². The molecule has 0 aromatic carbocycles. The summed E-state index contributed by atoms with van der Waals surface area (Å²) in [5.41, 5.74) is -0.444. The van der Waals surface area contributed by atoms with E-state index in [1.54, 1.807) is 6.92 Å². The van der Waals surface area contributed by atoms with E-state index in [0.717, 1.165) is 12.8 Å². The SMILES string of the molecule is CC1(C(=O)[O-])CC1.[K+]. The van der Waals surface area contributed by atoms with E-state index in [-0.39, 0.29) is 51.4 Å². The summed E-state index contributed by atoms with van der Waals surface area (Å²) in [7, 11) is 0. The molecule has 1 aliphatic carbocycles. The van der Waals surface area contributed by atoms with Crippen molar-refractivity contribution < 1.29 is 61.3 Å². The molecule has 0 bridgehead atoms. The Hall–Kier alpha value is 1.11. The Kier molecular flexibility index (Phi) is 3.18. The molecule has 1 saturated carbocycles. The second kappa shape index (κ2) is 2.79. The van der Waals surface area contributed by atoms with Crippen LogP contribution in [0.2, 0.25) is 0 Å². The minimum atomic E-state index is -0.896. The number of carbonyl (C=O) groups excluding carboxylic acids is 1. The smallest absolute Gasteiger partial charge is 0.550 e. The molecule has 1 fully saturated rings. The van der Waals surface area contributed by atoms with Crippen molar-refractivity contribution in [3.8, 4) is 0 Å². The largest absolute Gasteiger partial charge is 1.00 e. The third-order valence-corrected chi connectivity index (χ3v) is 1.49. The van der Waals surface area contributed by atoms with Gasteiger partial charge in [0.05, 0.1) is 0 Å². The van der Waals surface area contributed by atoms with Gasteiger partial charge in [-0.3, -0.25) is 0 Å². The third-order valence-electron chi connectivity index (χ3n) is 1.49. The molecule has 2 nitrogen and oxygen atoms in total. The van der Waals surface area contributed by atoms with E-state index in [2.05, 4.69) is 0 Å². The summed E-state index contributed by atoms with van der Waals surface area (Å²) in [6.45, 7) is 1.71. The zero-order valence-electron chi connectivity index (χ0n) is 5.23. The molecule has 1 aliphatic rings. The van der Waals surface area contributed by atoms with Crippen LogP contribution in [0.5, 0.6) is 0 Å². The number of carbonyl (C=O) groups is 1. The summed E-state index contributed by atoms with van der Waals surface area (Å²) in [4.78, 5) is 9.97. The molecule has 0 aliphatic heterocycles. The summed E-state index contributed by atoms with van der Waals surface area (Å²) in [5, 5.41) is 9.97. The quantitative estimate of drug-likeness (QED) is 0.353. The molecule has 1 rings (SSSR count). The second-order valence-corrected chi connectivity index (χ2v) is 2.35. The molecule has 0 saturated heterocycles. The van der Waals surface area contributed by atoms with Crippen molar-refractivity contribution in [1.29, 1.82) is 0 Å². The fraction of sp³-hybridized carbons (Fsp3) is 0.800. The molecule has 0 radical (unpaired) electrons. The first-order chi connectivity index (χ1) is 3.15. The van der Waals surface area contributed by atoms with Crippen molar-refractivity contribution in [2.75, 3.05) is 0 Å². The maximum Gasteiger partial charge on any atom is 1.00 e. The van der Waals surface area contributed by atoms with Crippen LogP contribution in [0, 0.1) is 5.41 Å². The van der Waals surface area contributed by atoms with Gasteiger partial charge in [0.15, 0.2) is 0 Å². The first kappa shape index (κ1) is 9.11. The number of aliphatic carboxylic acids is 1. The number of carboxylic acid groups (broad SMARTS) is 1. The average molecular weight is 138 g/mol. The Balaban J connectivity index is 0.000000490. The van der Waals surface area contributed by atoms with Crippen LogP contribution < -0.4 is 56.5 Å². The minimum absolute atomic E-state index is 0.